The van der Waals surface area contributed by atoms with Gasteiger partial charge in [-0.15, -0.1) is 4.99 Å². The van der Waals surface area contributed by atoms with Gasteiger partial charge in [-0.25, -0.2) is 4.89 Å². The Balaban J connectivity index is 1.87. The molecule has 0 aromatic rings. The van der Waals surface area contributed by atoms with Crippen molar-refractivity contribution in [1.82, 2.24) is 5.06 Å². The molecule has 0 radical (unpaired) electrons. The van der Waals surface area contributed by atoms with Gasteiger partial charge in [0.05, 0.1) is 6.61 Å². The zero-order chi connectivity index (χ0) is 12.6. The minimum Gasteiger partial charge on any atom is -0.218 e. The molecule has 0 aromatic heterocycles. The predicted octanol–water partition coefficient (Wildman–Crippen LogP) is 4.23. The Bertz CT molecular complexity index is 193. The van der Waals surface area contributed by atoms with Gasteiger partial charge in [0.15, 0.2) is 0 Å². The summed E-state index contributed by atoms with van der Waals surface area (Å²) in [5.74, 6) is 0. The second kappa shape index (κ2) is 8.13. The summed E-state index contributed by atoms with van der Waals surface area (Å²) in [5.41, 5.74) is 0. The lowest BCUT2D eigenvalue weighted by Gasteiger charge is -2.38. The van der Waals surface area contributed by atoms with Crippen LogP contribution in [0, 0.1) is 0 Å². The number of nitrogens with zero attached hydrogens (tertiary/aromatic N) is 1. The Labute approximate surface area is 112 Å². The largest absolute Gasteiger partial charge is 0.218 e. The van der Waals surface area contributed by atoms with Crippen LogP contribution in [-0.2, 0) is 9.88 Å². The SMILES string of the molecule is CCCOON(C1CCCCC1)C1CCCCC1. The van der Waals surface area contributed by atoms with Gasteiger partial charge in [-0.2, -0.15) is 5.06 Å². The van der Waals surface area contributed by atoms with E-state index in [1.54, 1.807) is 0 Å². The Morgan fingerprint density at radius 1 is 0.833 bits per heavy atom. The van der Waals surface area contributed by atoms with E-state index < -0.39 is 0 Å². The predicted molar refractivity (Wildman–Crippen MR) is 72.9 cm³/mol. The standard InChI is InChI=1S/C15H29NO2/c1-2-13-17-18-16(14-9-5-3-6-10-14)15-11-7-4-8-12-15/h14-15H,2-13H2,1H3. The van der Waals surface area contributed by atoms with Crippen molar-refractivity contribution in [1.29, 1.82) is 0 Å². The van der Waals surface area contributed by atoms with Gasteiger partial charge in [0, 0.05) is 12.1 Å². The van der Waals surface area contributed by atoms with E-state index in [9.17, 15) is 0 Å². The van der Waals surface area contributed by atoms with Crippen LogP contribution >= 0.6 is 0 Å². The van der Waals surface area contributed by atoms with Gasteiger partial charge in [0.2, 0.25) is 0 Å². The minimum atomic E-state index is 0.596. The van der Waals surface area contributed by atoms with Gasteiger partial charge in [-0.3, -0.25) is 0 Å². The molecule has 2 saturated carbocycles. The highest BCUT2D eigenvalue weighted by molar-refractivity contribution is 4.79. The van der Waals surface area contributed by atoms with Crippen LogP contribution in [0.1, 0.15) is 77.6 Å². The van der Waals surface area contributed by atoms with Crippen LogP contribution in [0.3, 0.4) is 0 Å². The third-order valence-electron chi connectivity index (χ3n) is 4.30. The smallest absolute Gasteiger partial charge is 0.0839 e. The van der Waals surface area contributed by atoms with E-state index in [4.69, 9.17) is 9.88 Å². The first kappa shape index (κ1) is 14.3. The molecule has 0 N–H and O–H groups in total. The average Bonchev–Trinajstić information content (AvgIpc) is 2.46. The second-order valence-electron chi connectivity index (χ2n) is 5.84. The molecule has 0 aromatic carbocycles. The molecule has 0 atom stereocenters. The molecule has 0 amide bonds. The van der Waals surface area contributed by atoms with Crippen molar-refractivity contribution in [2.24, 2.45) is 0 Å². The number of rotatable bonds is 6. The van der Waals surface area contributed by atoms with Crippen LogP contribution < -0.4 is 0 Å². The summed E-state index contributed by atoms with van der Waals surface area (Å²) in [6, 6.07) is 1.19. The molecule has 2 rings (SSSR count). The molecule has 0 aliphatic heterocycles. The van der Waals surface area contributed by atoms with Gasteiger partial charge in [-0.05, 0) is 32.1 Å². The van der Waals surface area contributed by atoms with E-state index >= 15 is 0 Å². The molecule has 0 unspecified atom stereocenters. The van der Waals surface area contributed by atoms with E-state index in [2.05, 4.69) is 12.0 Å². The van der Waals surface area contributed by atoms with Crippen molar-refractivity contribution < 1.29 is 9.88 Å². The molecule has 106 valence electrons. The van der Waals surface area contributed by atoms with Crippen LogP contribution in [0.25, 0.3) is 0 Å². The Hall–Kier alpha value is -0.120. The molecule has 2 aliphatic carbocycles. The van der Waals surface area contributed by atoms with Crippen molar-refractivity contribution in [3.8, 4) is 0 Å². The summed E-state index contributed by atoms with van der Waals surface area (Å²) in [6.07, 6.45) is 14.3. The zero-order valence-corrected chi connectivity index (χ0v) is 11.9. The van der Waals surface area contributed by atoms with Crippen LogP contribution in [0.4, 0.5) is 0 Å². The van der Waals surface area contributed by atoms with Crippen molar-refractivity contribution in [3.05, 3.63) is 0 Å². The molecule has 2 fully saturated rings. The number of hydroxylamine groups is 2. The van der Waals surface area contributed by atoms with Crippen molar-refractivity contribution in [2.45, 2.75) is 89.6 Å². The highest BCUT2D eigenvalue weighted by Gasteiger charge is 2.30. The quantitative estimate of drug-likeness (QED) is 0.403. The second-order valence-corrected chi connectivity index (χ2v) is 5.84. The zero-order valence-electron chi connectivity index (χ0n) is 11.9. The van der Waals surface area contributed by atoms with E-state index in [1.807, 2.05) is 0 Å². The fourth-order valence-electron chi connectivity index (χ4n) is 3.27. The van der Waals surface area contributed by atoms with Crippen LogP contribution in [0.2, 0.25) is 0 Å². The highest BCUT2D eigenvalue weighted by atomic mass is 17.3. The monoisotopic (exact) mass is 255 g/mol. The molecule has 3 heteroatoms. The Morgan fingerprint density at radius 3 is 1.78 bits per heavy atom. The summed E-state index contributed by atoms with van der Waals surface area (Å²) in [7, 11) is 0. The lowest BCUT2D eigenvalue weighted by Crippen LogP contribution is -2.45. The van der Waals surface area contributed by atoms with Crippen molar-refractivity contribution >= 4 is 0 Å². The normalized spacial score (nSPS) is 23.7. The van der Waals surface area contributed by atoms with Gasteiger partial charge >= 0.3 is 0 Å². The first-order valence-corrected chi connectivity index (χ1v) is 7.99. The van der Waals surface area contributed by atoms with Gasteiger partial charge in [-0.1, -0.05) is 45.4 Å². The van der Waals surface area contributed by atoms with Gasteiger partial charge < -0.3 is 0 Å². The van der Waals surface area contributed by atoms with Crippen LogP contribution in [0.15, 0.2) is 0 Å². The highest BCUT2D eigenvalue weighted by Crippen LogP contribution is 2.30. The maximum absolute atomic E-state index is 5.69. The van der Waals surface area contributed by atoms with Gasteiger partial charge in [0.25, 0.3) is 0 Å². The fraction of sp³-hybridized carbons (Fsp3) is 1.00. The van der Waals surface area contributed by atoms with E-state index in [1.165, 1.54) is 64.2 Å². The minimum absolute atomic E-state index is 0.596. The summed E-state index contributed by atoms with van der Waals surface area (Å²) < 4.78 is 0. The first-order valence-electron chi connectivity index (χ1n) is 7.99. The lowest BCUT2D eigenvalue weighted by atomic mass is 9.90. The fourth-order valence-corrected chi connectivity index (χ4v) is 3.27. The molecule has 3 nitrogen and oxygen atoms in total. The Kier molecular flexibility index (Phi) is 6.46. The molecule has 18 heavy (non-hydrogen) atoms. The third kappa shape index (κ3) is 4.22. The average molecular weight is 255 g/mol. The van der Waals surface area contributed by atoms with Crippen molar-refractivity contribution in [3.63, 3.8) is 0 Å². The molecule has 0 heterocycles. The van der Waals surface area contributed by atoms with Crippen LogP contribution in [-0.4, -0.2) is 23.8 Å². The van der Waals surface area contributed by atoms with E-state index in [0.717, 1.165) is 6.42 Å². The maximum atomic E-state index is 5.69. The van der Waals surface area contributed by atoms with Gasteiger partial charge in [0.1, 0.15) is 0 Å². The topological polar surface area (TPSA) is 21.7 Å². The summed E-state index contributed by atoms with van der Waals surface area (Å²) >= 11 is 0. The third-order valence-corrected chi connectivity index (χ3v) is 4.30. The summed E-state index contributed by atoms with van der Waals surface area (Å²) in [6.45, 7) is 2.82. The molecule has 0 saturated heterocycles. The Morgan fingerprint density at radius 2 is 1.33 bits per heavy atom. The number of hydrogen-bond donors (Lipinski definition) is 0. The molecule has 0 spiro atoms. The van der Waals surface area contributed by atoms with Crippen LogP contribution in [0.5, 0.6) is 0 Å². The number of hydrogen-bond acceptors (Lipinski definition) is 3. The van der Waals surface area contributed by atoms with E-state index in [0.29, 0.717) is 18.7 Å². The molecular weight excluding hydrogens is 226 g/mol. The van der Waals surface area contributed by atoms with Crippen molar-refractivity contribution in [2.75, 3.05) is 6.61 Å². The molecule has 0 bridgehead atoms. The lowest BCUT2D eigenvalue weighted by molar-refractivity contribution is -0.450. The van der Waals surface area contributed by atoms with E-state index in [-0.39, 0.29) is 0 Å². The molecular formula is C15H29NO2. The maximum Gasteiger partial charge on any atom is 0.0839 e. The molecule has 2 aliphatic rings. The first-order chi connectivity index (χ1) is 8.92. The summed E-state index contributed by atoms with van der Waals surface area (Å²) in [5, 5.41) is 2.23. The summed E-state index contributed by atoms with van der Waals surface area (Å²) in [4.78, 5) is 11.1.